The number of hydrogen-bond acceptors (Lipinski definition) is 3. The van der Waals surface area contributed by atoms with Gasteiger partial charge in [0, 0.05) is 15.4 Å². The lowest BCUT2D eigenvalue weighted by atomic mass is 10.0. The molecule has 2 aromatic rings. The van der Waals surface area contributed by atoms with Gasteiger partial charge in [-0.25, -0.2) is 0 Å². The van der Waals surface area contributed by atoms with Gasteiger partial charge in [0.2, 0.25) is 0 Å². The molecule has 3 heteroatoms. The monoisotopic (exact) mass is 296 g/mol. The molecule has 0 spiro atoms. The Morgan fingerprint density at radius 3 is 1.95 bits per heavy atom. The van der Waals surface area contributed by atoms with Crippen LogP contribution in [0.1, 0.15) is 11.1 Å². The van der Waals surface area contributed by atoms with Gasteiger partial charge in [-0.2, -0.15) is 0 Å². The molecular formula is C17H12OS2. The van der Waals surface area contributed by atoms with E-state index in [0.29, 0.717) is 0 Å². The first-order chi connectivity index (χ1) is 9.90. The van der Waals surface area contributed by atoms with Crippen LogP contribution in [0.15, 0.2) is 71.6 Å². The molecule has 0 aromatic heterocycles. The Labute approximate surface area is 126 Å². The van der Waals surface area contributed by atoms with E-state index in [1.807, 2.05) is 36.4 Å². The van der Waals surface area contributed by atoms with Crippen LogP contribution in [0.5, 0.6) is 0 Å². The lowest BCUT2D eigenvalue weighted by Crippen LogP contribution is -1.87. The van der Waals surface area contributed by atoms with Gasteiger partial charge in [0.1, 0.15) is 6.29 Å². The van der Waals surface area contributed by atoms with Gasteiger partial charge in [-0.1, -0.05) is 82.3 Å². The van der Waals surface area contributed by atoms with E-state index in [1.165, 1.54) is 10.5 Å². The molecule has 1 heterocycles. The SMILES string of the molecule is O=C/C=C1\SSC(c2ccccc2)=C1c1ccccc1. The van der Waals surface area contributed by atoms with E-state index >= 15 is 0 Å². The summed E-state index contributed by atoms with van der Waals surface area (Å²) >= 11 is 0. The van der Waals surface area contributed by atoms with Crippen LogP contribution in [-0.4, -0.2) is 6.29 Å². The Bertz CT molecular complexity index is 673. The fourth-order valence-corrected chi connectivity index (χ4v) is 4.79. The number of aldehydes is 1. The fourth-order valence-electron chi connectivity index (χ4n) is 2.11. The summed E-state index contributed by atoms with van der Waals surface area (Å²) in [6.45, 7) is 0. The van der Waals surface area contributed by atoms with Crippen molar-refractivity contribution in [2.24, 2.45) is 0 Å². The van der Waals surface area contributed by atoms with Crippen LogP contribution in [0.3, 0.4) is 0 Å². The Morgan fingerprint density at radius 2 is 1.35 bits per heavy atom. The van der Waals surface area contributed by atoms with Crippen molar-refractivity contribution in [3.8, 4) is 0 Å². The van der Waals surface area contributed by atoms with Crippen LogP contribution in [0.4, 0.5) is 0 Å². The standard InChI is InChI=1S/C17H12OS2/c18-12-11-15-16(13-7-3-1-4-8-13)17(20-19-15)14-9-5-2-6-10-14/h1-12H/b15-11-. The second kappa shape index (κ2) is 6.16. The van der Waals surface area contributed by atoms with Crippen molar-refractivity contribution in [3.05, 3.63) is 82.8 Å². The van der Waals surface area contributed by atoms with Gasteiger partial charge in [-0.15, -0.1) is 0 Å². The summed E-state index contributed by atoms with van der Waals surface area (Å²) in [7, 11) is 3.36. The van der Waals surface area contributed by atoms with Gasteiger partial charge in [-0.3, -0.25) is 4.79 Å². The molecule has 0 fully saturated rings. The molecule has 0 radical (unpaired) electrons. The number of benzene rings is 2. The maximum absolute atomic E-state index is 10.9. The predicted molar refractivity (Wildman–Crippen MR) is 89.0 cm³/mol. The quantitative estimate of drug-likeness (QED) is 0.449. The van der Waals surface area contributed by atoms with Crippen LogP contribution in [0, 0.1) is 0 Å². The zero-order valence-electron chi connectivity index (χ0n) is 10.7. The molecule has 0 saturated heterocycles. The highest BCUT2D eigenvalue weighted by Gasteiger charge is 2.23. The van der Waals surface area contributed by atoms with Crippen molar-refractivity contribution in [2.75, 3.05) is 0 Å². The molecule has 0 saturated carbocycles. The molecule has 0 N–H and O–H groups in total. The topological polar surface area (TPSA) is 17.1 Å². The largest absolute Gasteiger partial charge is 0.299 e. The number of rotatable bonds is 3. The van der Waals surface area contributed by atoms with Crippen LogP contribution < -0.4 is 0 Å². The molecule has 1 aliphatic rings. The van der Waals surface area contributed by atoms with Crippen molar-refractivity contribution in [1.82, 2.24) is 0 Å². The van der Waals surface area contributed by atoms with Gasteiger partial charge in [-0.05, 0) is 17.2 Å². The number of allylic oxidation sites excluding steroid dienone is 2. The normalized spacial score (nSPS) is 16.7. The lowest BCUT2D eigenvalue weighted by Gasteiger charge is -2.07. The number of carbonyl (C=O) groups is 1. The molecule has 3 rings (SSSR count). The van der Waals surface area contributed by atoms with E-state index in [-0.39, 0.29) is 0 Å². The first-order valence-electron chi connectivity index (χ1n) is 6.25. The minimum absolute atomic E-state index is 0.861. The average molecular weight is 296 g/mol. The molecule has 2 aromatic carbocycles. The Kier molecular flexibility index (Phi) is 4.09. The average Bonchev–Trinajstić information content (AvgIpc) is 2.93. The van der Waals surface area contributed by atoms with Crippen LogP contribution in [0.25, 0.3) is 10.5 Å². The second-order valence-corrected chi connectivity index (χ2v) is 6.45. The van der Waals surface area contributed by atoms with E-state index in [0.717, 1.165) is 22.3 Å². The highest BCUT2D eigenvalue weighted by molar-refractivity contribution is 8.82. The highest BCUT2D eigenvalue weighted by Crippen LogP contribution is 2.57. The molecule has 0 unspecified atom stereocenters. The third-order valence-electron chi connectivity index (χ3n) is 3.01. The zero-order chi connectivity index (χ0) is 13.8. The summed E-state index contributed by atoms with van der Waals surface area (Å²) in [5.41, 5.74) is 3.49. The maximum Gasteiger partial charge on any atom is 0.144 e. The second-order valence-electron chi connectivity index (χ2n) is 4.27. The zero-order valence-corrected chi connectivity index (χ0v) is 12.3. The maximum atomic E-state index is 10.9. The molecule has 0 atom stereocenters. The van der Waals surface area contributed by atoms with E-state index in [1.54, 1.807) is 27.7 Å². The van der Waals surface area contributed by atoms with Gasteiger partial charge < -0.3 is 0 Å². The van der Waals surface area contributed by atoms with Crippen molar-refractivity contribution in [1.29, 1.82) is 0 Å². The van der Waals surface area contributed by atoms with Gasteiger partial charge in [0.05, 0.1) is 0 Å². The van der Waals surface area contributed by atoms with Gasteiger partial charge in [0.25, 0.3) is 0 Å². The van der Waals surface area contributed by atoms with Crippen LogP contribution in [-0.2, 0) is 4.79 Å². The molecule has 98 valence electrons. The highest BCUT2D eigenvalue weighted by atomic mass is 33.1. The molecular weight excluding hydrogens is 284 g/mol. The molecule has 0 aliphatic carbocycles. The smallest absolute Gasteiger partial charge is 0.144 e. The number of carbonyl (C=O) groups excluding carboxylic acids is 1. The van der Waals surface area contributed by atoms with Gasteiger partial charge in [0.15, 0.2) is 0 Å². The summed E-state index contributed by atoms with van der Waals surface area (Å²) in [5, 5.41) is 0. The van der Waals surface area contributed by atoms with Crippen molar-refractivity contribution >= 4 is 38.4 Å². The summed E-state index contributed by atoms with van der Waals surface area (Å²) in [5.74, 6) is 0. The predicted octanol–water partition coefficient (Wildman–Crippen LogP) is 5.03. The third kappa shape index (κ3) is 2.60. The third-order valence-corrected chi connectivity index (χ3v) is 5.50. The van der Waals surface area contributed by atoms with Crippen LogP contribution in [0.2, 0.25) is 0 Å². The summed E-state index contributed by atoms with van der Waals surface area (Å²) < 4.78 is 0. The molecule has 0 amide bonds. The summed E-state index contributed by atoms with van der Waals surface area (Å²) in [6.07, 6.45) is 2.51. The lowest BCUT2D eigenvalue weighted by molar-refractivity contribution is -0.104. The summed E-state index contributed by atoms with van der Waals surface area (Å²) in [4.78, 5) is 13.1. The van der Waals surface area contributed by atoms with Crippen molar-refractivity contribution < 1.29 is 4.79 Å². The first-order valence-corrected chi connectivity index (χ1v) is 8.40. The Morgan fingerprint density at radius 1 is 0.750 bits per heavy atom. The first kappa shape index (κ1) is 13.3. The fraction of sp³-hybridized carbons (Fsp3) is 0. The molecule has 1 aliphatic heterocycles. The van der Waals surface area contributed by atoms with E-state index in [9.17, 15) is 4.79 Å². The number of hydrogen-bond donors (Lipinski definition) is 0. The molecule has 0 bridgehead atoms. The Hall–Kier alpha value is -1.71. The summed E-state index contributed by atoms with van der Waals surface area (Å²) in [6, 6.07) is 20.5. The molecule has 20 heavy (non-hydrogen) atoms. The minimum atomic E-state index is 0.861. The van der Waals surface area contributed by atoms with Crippen molar-refractivity contribution in [2.45, 2.75) is 0 Å². The minimum Gasteiger partial charge on any atom is -0.299 e. The van der Waals surface area contributed by atoms with E-state index in [2.05, 4.69) is 24.3 Å². The van der Waals surface area contributed by atoms with Crippen molar-refractivity contribution in [3.63, 3.8) is 0 Å². The van der Waals surface area contributed by atoms with Gasteiger partial charge >= 0.3 is 0 Å². The molecule has 1 nitrogen and oxygen atoms in total. The Balaban J connectivity index is 2.19. The van der Waals surface area contributed by atoms with Crippen LogP contribution >= 0.6 is 21.6 Å². The van der Waals surface area contributed by atoms with E-state index in [4.69, 9.17) is 0 Å². The van der Waals surface area contributed by atoms with E-state index < -0.39 is 0 Å².